The molecule has 26 heavy (non-hydrogen) atoms. The molecule has 0 N–H and O–H groups in total. The van der Waals surface area contributed by atoms with E-state index in [-0.39, 0.29) is 11.5 Å². The summed E-state index contributed by atoms with van der Waals surface area (Å²) in [7, 11) is -8.84. The van der Waals surface area contributed by atoms with E-state index in [1.807, 2.05) is 0 Å². The van der Waals surface area contributed by atoms with Crippen LogP contribution in [-0.4, -0.2) is 33.7 Å². The van der Waals surface area contributed by atoms with Gasteiger partial charge < -0.3 is 9.05 Å². The fourth-order valence-electron chi connectivity index (χ4n) is 1.97. The first kappa shape index (κ1) is 23.5. The van der Waals surface area contributed by atoms with Crippen molar-refractivity contribution in [2.45, 2.75) is 42.8 Å². The Balaban J connectivity index is 3.29. The number of thioether (sulfide) groups is 1. The number of alkyl halides is 3. The predicted octanol–water partition coefficient (Wildman–Crippen LogP) is 4.74. The summed E-state index contributed by atoms with van der Waals surface area (Å²) in [6.07, 6.45) is -5.07. The first-order chi connectivity index (χ1) is 11.9. The second-order valence-corrected chi connectivity index (χ2v) is 9.57. The van der Waals surface area contributed by atoms with Crippen molar-refractivity contribution >= 4 is 29.5 Å². The van der Waals surface area contributed by atoms with Crippen LogP contribution in [0, 0.1) is 0 Å². The van der Waals surface area contributed by atoms with Crippen molar-refractivity contribution in [3.05, 3.63) is 23.8 Å². The molecule has 0 aromatic heterocycles. The lowest BCUT2D eigenvalue weighted by Crippen LogP contribution is -2.18. The molecule has 1 aromatic rings. The van der Waals surface area contributed by atoms with Crippen molar-refractivity contribution < 1.29 is 39.4 Å². The molecule has 1 rings (SSSR count). The molecule has 0 radical (unpaired) electrons. The summed E-state index contributed by atoms with van der Waals surface area (Å²) in [6, 6.07) is 2.96. The normalized spacial score (nSPS) is 15.2. The molecule has 6 nitrogen and oxygen atoms in total. The van der Waals surface area contributed by atoms with Crippen molar-refractivity contribution in [1.82, 2.24) is 0 Å². The summed E-state index contributed by atoms with van der Waals surface area (Å²) < 4.78 is 91.7. The van der Waals surface area contributed by atoms with Crippen LogP contribution in [0.25, 0.3) is 0 Å². The Labute approximate surface area is 155 Å². The topological polar surface area (TPSA) is 78.9 Å². The molecule has 0 saturated heterocycles. The average molecular weight is 436 g/mol. The van der Waals surface area contributed by atoms with Crippen LogP contribution in [0.2, 0.25) is 0 Å². The van der Waals surface area contributed by atoms with Crippen molar-refractivity contribution in [2.75, 3.05) is 19.2 Å². The van der Waals surface area contributed by atoms with Gasteiger partial charge in [-0.1, -0.05) is 6.07 Å². The second kappa shape index (κ2) is 9.07. The summed E-state index contributed by atoms with van der Waals surface area (Å²) in [5.41, 5.74) is -1.36. The van der Waals surface area contributed by atoms with E-state index in [9.17, 15) is 26.2 Å². The molecular formula is C14H20F3O6PS2. The highest BCUT2D eigenvalue weighted by atomic mass is 32.2. The lowest BCUT2D eigenvalue weighted by Gasteiger charge is -2.21. The first-order valence-corrected chi connectivity index (χ1v) is 11.8. The van der Waals surface area contributed by atoms with Gasteiger partial charge in [0.25, 0.3) is 10.1 Å². The third-order valence-electron chi connectivity index (χ3n) is 2.82. The van der Waals surface area contributed by atoms with Crippen LogP contribution >= 0.6 is 19.4 Å². The van der Waals surface area contributed by atoms with E-state index in [0.717, 1.165) is 17.8 Å². The minimum absolute atomic E-state index is 0.0530. The van der Waals surface area contributed by atoms with Crippen LogP contribution in [0.1, 0.15) is 26.3 Å². The van der Waals surface area contributed by atoms with Gasteiger partial charge in [-0.25, -0.2) is 0 Å². The Hall–Kier alpha value is -0.580. The van der Waals surface area contributed by atoms with Crippen LogP contribution in [0.3, 0.4) is 0 Å². The maximum Gasteiger partial charge on any atom is 0.417 e. The molecule has 0 saturated carbocycles. The zero-order valence-corrected chi connectivity index (χ0v) is 17.1. The molecule has 0 aliphatic rings. The van der Waals surface area contributed by atoms with Crippen LogP contribution in [0.15, 0.2) is 28.0 Å². The van der Waals surface area contributed by atoms with Crippen molar-refractivity contribution in [2.24, 2.45) is 0 Å². The molecule has 12 heteroatoms. The summed E-state index contributed by atoms with van der Waals surface area (Å²) in [6.45, 7) is 4.55. The van der Waals surface area contributed by atoms with Crippen LogP contribution in [0.4, 0.5) is 13.2 Å². The number of halogens is 3. The molecular weight excluding hydrogens is 416 g/mol. The monoisotopic (exact) mass is 436 g/mol. The Kier molecular flexibility index (Phi) is 8.19. The summed E-state index contributed by atoms with van der Waals surface area (Å²) >= 11 is 0.816. The smallest absolute Gasteiger partial charge is 0.307 e. The molecule has 1 aromatic carbocycles. The van der Waals surface area contributed by atoms with Crippen LogP contribution < -0.4 is 0 Å². The maximum absolute atomic E-state index is 13.2. The summed E-state index contributed by atoms with van der Waals surface area (Å²) in [4.78, 5) is -1.16. The molecule has 1 unspecified atom stereocenters. The Morgan fingerprint density at radius 2 is 1.88 bits per heavy atom. The fourth-order valence-corrected chi connectivity index (χ4v) is 6.22. The van der Waals surface area contributed by atoms with E-state index < -0.39 is 46.8 Å². The van der Waals surface area contributed by atoms with Gasteiger partial charge >= 0.3 is 13.8 Å². The van der Waals surface area contributed by atoms with Crippen LogP contribution in [0.5, 0.6) is 0 Å². The van der Waals surface area contributed by atoms with Crippen LogP contribution in [-0.2, 0) is 34.1 Å². The third kappa shape index (κ3) is 6.24. The Morgan fingerprint density at radius 3 is 2.35 bits per heavy atom. The maximum atomic E-state index is 13.2. The van der Waals surface area contributed by atoms with E-state index in [4.69, 9.17) is 9.05 Å². The zero-order valence-electron chi connectivity index (χ0n) is 14.6. The minimum Gasteiger partial charge on any atom is -0.307 e. The zero-order chi connectivity index (χ0) is 20.2. The minimum atomic E-state index is -4.91. The van der Waals surface area contributed by atoms with Crippen molar-refractivity contribution in [3.8, 4) is 0 Å². The summed E-state index contributed by atoms with van der Waals surface area (Å²) in [5.74, 6) is 0. The molecule has 150 valence electrons. The molecule has 0 fully saturated rings. The highest BCUT2D eigenvalue weighted by Gasteiger charge is 2.40. The van der Waals surface area contributed by atoms with E-state index >= 15 is 0 Å². The Bertz CT molecular complexity index is 764. The molecule has 0 aliphatic carbocycles. The molecule has 0 amide bonds. The standard InChI is InChI=1S/C14H20F3O6PS2/c1-5-21-24(18,23-10(2)3)9-22-26(19,20)13-11(14(15,16)17)7-6-8-12(13)25-4/h6-8,10H,5,9H2,1-4H3. The third-order valence-corrected chi connectivity index (χ3v) is 7.11. The SMILES string of the molecule is CCOP(=O)(COS(=O)(=O)c1c(SC)cccc1C(F)(F)F)OC(C)C. The van der Waals surface area contributed by atoms with Gasteiger partial charge in [-0.15, -0.1) is 11.8 Å². The molecule has 0 bridgehead atoms. The quantitative estimate of drug-likeness (QED) is 0.314. The highest BCUT2D eigenvalue weighted by molar-refractivity contribution is 7.99. The number of rotatable bonds is 9. The first-order valence-electron chi connectivity index (χ1n) is 7.42. The molecule has 0 aliphatic heterocycles. The molecule has 0 spiro atoms. The number of benzene rings is 1. The van der Waals surface area contributed by atoms with Gasteiger partial charge in [0.1, 0.15) is 4.90 Å². The largest absolute Gasteiger partial charge is 0.417 e. The van der Waals surface area contributed by atoms with Gasteiger partial charge in [0.15, 0.2) is 6.35 Å². The molecule has 0 heterocycles. The van der Waals surface area contributed by atoms with Gasteiger partial charge in [-0.3, -0.25) is 8.75 Å². The lowest BCUT2D eigenvalue weighted by molar-refractivity contribution is -0.140. The fraction of sp³-hybridized carbons (Fsp3) is 0.571. The summed E-state index contributed by atoms with van der Waals surface area (Å²) in [5, 5.41) is 0. The van der Waals surface area contributed by atoms with Gasteiger partial charge in [0, 0.05) is 4.90 Å². The second-order valence-electron chi connectivity index (χ2n) is 5.22. The predicted molar refractivity (Wildman–Crippen MR) is 91.8 cm³/mol. The van der Waals surface area contributed by atoms with Gasteiger partial charge in [-0.05, 0) is 39.2 Å². The van der Waals surface area contributed by atoms with Gasteiger partial charge in [0.05, 0.1) is 18.3 Å². The van der Waals surface area contributed by atoms with E-state index in [1.165, 1.54) is 19.2 Å². The molecule has 1 atom stereocenters. The van der Waals surface area contributed by atoms with E-state index in [2.05, 4.69) is 4.18 Å². The lowest BCUT2D eigenvalue weighted by atomic mass is 10.2. The van der Waals surface area contributed by atoms with E-state index in [0.29, 0.717) is 6.07 Å². The van der Waals surface area contributed by atoms with Gasteiger partial charge in [-0.2, -0.15) is 21.6 Å². The van der Waals surface area contributed by atoms with Crippen molar-refractivity contribution in [1.29, 1.82) is 0 Å². The average Bonchev–Trinajstić information content (AvgIpc) is 2.51. The Morgan fingerprint density at radius 1 is 1.27 bits per heavy atom. The highest BCUT2D eigenvalue weighted by Crippen LogP contribution is 2.50. The van der Waals surface area contributed by atoms with E-state index in [1.54, 1.807) is 13.8 Å². The van der Waals surface area contributed by atoms with Crippen molar-refractivity contribution in [3.63, 3.8) is 0 Å². The van der Waals surface area contributed by atoms with Gasteiger partial charge in [0.2, 0.25) is 0 Å². The number of hydrogen-bond donors (Lipinski definition) is 0. The number of hydrogen-bond acceptors (Lipinski definition) is 7.